The second-order valence-electron chi connectivity index (χ2n) is 5.26. The molecule has 0 aliphatic carbocycles. The number of H-pyrrole nitrogens is 1. The van der Waals surface area contributed by atoms with Crippen LogP contribution >= 0.6 is 0 Å². The molecule has 0 saturated heterocycles. The molecule has 0 amide bonds. The first-order valence-corrected chi connectivity index (χ1v) is 8.06. The maximum absolute atomic E-state index is 10.3. The topological polar surface area (TPSA) is 170 Å². The monoisotopic (exact) mass is 387 g/mol. The van der Waals surface area contributed by atoms with Gasteiger partial charge >= 0.3 is 11.9 Å². The van der Waals surface area contributed by atoms with Crippen molar-refractivity contribution in [2.45, 2.75) is 6.42 Å². The number of carboxylic acids is 2. The van der Waals surface area contributed by atoms with Crippen molar-refractivity contribution < 1.29 is 30.0 Å². The summed E-state index contributed by atoms with van der Waals surface area (Å²) in [4.78, 5) is 27.3. The number of nitrogens with one attached hydrogen (secondary N) is 1. The number of aromatic carboxylic acids is 2. The standard InChI is InChI=1S/2C7H6O3.C5H9N3/c2*8-6-4-2-1-3-5(6)7(9)10;6-2-1-5-3-7-4-8-5/h2*1-4,8H,(H,9,10);3-4H,1-2,6H2,(H,7,8). The van der Waals surface area contributed by atoms with Gasteiger partial charge in [0.2, 0.25) is 0 Å². The van der Waals surface area contributed by atoms with Gasteiger partial charge in [0.1, 0.15) is 22.6 Å². The third-order valence-corrected chi connectivity index (χ3v) is 3.24. The molecule has 0 fully saturated rings. The number of aromatic nitrogens is 2. The Morgan fingerprint density at radius 3 is 1.64 bits per heavy atom. The molecule has 0 saturated carbocycles. The highest BCUT2D eigenvalue weighted by Gasteiger charge is 2.06. The summed E-state index contributed by atoms with van der Waals surface area (Å²) in [6.45, 7) is 0.683. The maximum atomic E-state index is 10.3. The Morgan fingerprint density at radius 1 is 0.893 bits per heavy atom. The number of hydrogen-bond acceptors (Lipinski definition) is 6. The van der Waals surface area contributed by atoms with Gasteiger partial charge in [-0.05, 0) is 30.8 Å². The van der Waals surface area contributed by atoms with E-state index in [0.29, 0.717) is 6.54 Å². The third-order valence-electron chi connectivity index (χ3n) is 3.24. The molecule has 1 heterocycles. The summed E-state index contributed by atoms with van der Waals surface area (Å²) in [5.41, 5.74) is 6.24. The molecule has 0 unspecified atom stereocenters. The predicted octanol–water partition coefficient (Wildman–Crippen LogP) is 2.09. The molecule has 0 aliphatic heterocycles. The van der Waals surface area contributed by atoms with Crippen LogP contribution in [0.15, 0.2) is 61.1 Å². The smallest absolute Gasteiger partial charge is 0.339 e. The number of aromatic hydroxyl groups is 2. The zero-order valence-corrected chi connectivity index (χ0v) is 14.8. The number of benzene rings is 2. The number of aromatic amines is 1. The highest BCUT2D eigenvalue weighted by Crippen LogP contribution is 2.15. The van der Waals surface area contributed by atoms with Crippen LogP contribution in [0.1, 0.15) is 26.4 Å². The number of carboxylic acid groups (broad SMARTS) is 2. The van der Waals surface area contributed by atoms with E-state index in [1.54, 1.807) is 36.8 Å². The quantitative estimate of drug-likeness (QED) is 0.395. The highest BCUT2D eigenvalue weighted by atomic mass is 16.4. The van der Waals surface area contributed by atoms with Crippen molar-refractivity contribution in [3.05, 3.63) is 77.9 Å². The van der Waals surface area contributed by atoms with E-state index in [-0.39, 0.29) is 22.6 Å². The van der Waals surface area contributed by atoms with Crippen molar-refractivity contribution in [3.8, 4) is 11.5 Å². The highest BCUT2D eigenvalue weighted by molar-refractivity contribution is 5.91. The average Bonchev–Trinajstić information content (AvgIpc) is 3.17. The Bertz CT molecular complexity index is 825. The van der Waals surface area contributed by atoms with Crippen molar-refractivity contribution >= 4 is 11.9 Å². The van der Waals surface area contributed by atoms with E-state index in [1.807, 2.05) is 0 Å². The van der Waals surface area contributed by atoms with E-state index in [4.69, 9.17) is 26.2 Å². The van der Waals surface area contributed by atoms with Crippen LogP contribution in [-0.2, 0) is 6.42 Å². The molecule has 148 valence electrons. The molecule has 0 aliphatic rings. The van der Waals surface area contributed by atoms with Gasteiger partial charge in [-0.15, -0.1) is 0 Å². The molecule has 9 heteroatoms. The molecule has 0 spiro atoms. The number of phenols is 2. The second kappa shape index (κ2) is 11.7. The number of hydrogen-bond donors (Lipinski definition) is 6. The first-order valence-electron chi connectivity index (χ1n) is 8.06. The molecule has 0 atom stereocenters. The van der Waals surface area contributed by atoms with Gasteiger partial charge in [-0.1, -0.05) is 24.3 Å². The van der Waals surface area contributed by atoms with E-state index in [1.165, 1.54) is 24.3 Å². The van der Waals surface area contributed by atoms with Crippen LogP contribution < -0.4 is 5.73 Å². The Labute approximate surface area is 160 Å². The zero-order chi connectivity index (χ0) is 20.9. The van der Waals surface area contributed by atoms with E-state index in [9.17, 15) is 9.59 Å². The first-order chi connectivity index (χ1) is 13.4. The molecule has 2 aromatic carbocycles. The normalized spacial score (nSPS) is 9.32. The molecule has 3 rings (SSSR count). The minimum Gasteiger partial charge on any atom is -0.507 e. The Kier molecular flexibility index (Phi) is 9.28. The fourth-order valence-electron chi connectivity index (χ4n) is 1.89. The lowest BCUT2D eigenvalue weighted by molar-refractivity contribution is 0.0682. The summed E-state index contributed by atoms with van der Waals surface area (Å²) in [5.74, 6) is -2.62. The van der Waals surface area contributed by atoms with Crippen LogP contribution in [0.25, 0.3) is 0 Å². The van der Waals surface area contributed by atoms with Crippen LogP contribution in [0.3, 0.4) is 0 Å². The van der Waals surface area contributed by atoms with E-state index < -0.39 is 11.9 Å². The molecule has 9 nitrogen and oxygen atoms in total. The third kappa shape index (κ3) is 7.58. The number of nitrogens with two attached hydrogens (primary N) is 1. The van der Waals surface area contributed by atoms with Crippen LogP contribution in [-0.4, -0.2) is 48.9 Å². The van der Waals surface area contributed by atoms with Gasteiger partial charge in [0, 0.05) is 18.3 Å². The molecule has 1 aromatic heterocycles. The van der Waals surface area contributed by atoms with Crippen molar-refractivity contribution in [3.63, 3.8) is 0 Å². The van der Waals surface area contributed by atoms with E-state index >= 15 is 0 Å². The number of carbonyl (C=O) groups is 2. The van der Waals surface area contributed by atoms with Gasteiger partial charge in [0.15, 0.2) is 0 Å². The minimum absolute atomic E-state index is 0.0671. The number of rotatable bonds is 4. The van der Waals surface area contributed by atoms with Gasteiger partial charge in [-0.3, -0.25) is 0 Å². The van der Waals surface area contributed by atoms with Gasteiger partial charge in [0.05, 0.1) is 6.33 Å². The van der Waals surface area contributed by atoms with Crippen LogP contribution in [0.4, 0.5) is 0 Å². The lowest BCUT2D eigenvalue weighted by Gasteiger charge is -1.95. The SMILES string of the molecule is NCCc1cnc[nH]1.O=C(O)c1ccccc1O.O=C(O)c1ccccc1O. The van der Waals surface area contributed by atoms with Crippen molar-refractivity contribution in [2.75, 3.05) is 6.54 Å². The summed E-state index contributed by atoms with van der Waals surface area (Å²) < 4.78 is 0. The largest absolute Gasteiger partial charge is 0.507 e. The summed E-state index contributed by atoms with van der Waals surface area (Å²) in [5, 5.41) is 34.6. The maximum Gasteiger partial charge on any atom is 0.339 e. The summed E-state index contributed by atoms with van der Waals surface area (Å²) in [6.07, 6.45) is 4.33. The van der Waals surface area contributed by atoms with Gasteiger partial charge in [-0.25, -0.2) is 14.6 Å². The Hall–Kier alpha value is -3.85. The van der Waals surface area contributed by atoms with Crippen LogP contribution in [0.2, 0.25) is 0 Å². The fraction of sp³-hybridized carbons (Fsp3) is 0.105. The van der Waals surface area contributed by atoms with E-state index in [0.717, 1.165) is 12.1 Å². The number of imidazole rings is 1. The van der Waals surface area contributed by atoms with Gasteiger partial charge in [-0.2, -0.15) is 0 Å². The summed E-state index contributed by atoms with van der Waals surface area (Å²) >= 11 is 0. The second-order valence-corrected chi connectivity index (χ2v) is 5.26. The van der Waals surface area contributed by atoms with E-state index in [2.05, 4.69) is 9.97 Å². The van der Waals surface area contributed by atoms with Crippen LogP contribution in [0.5, 0.6) is 11.5 Å². The molecule has 0 radical (unpaired) electrons. The molecule has 3 aromatic rings. The van der Waals surface area contributed by atoms with Crippen LogP contribution in [0, 0.1) is 0 Å². The number of nitrogens with zero attached hydrogens (tertiary/aromatic N) is 1. The number of para-hydroxylation sites is 2. The summed E-state index contributed by atoms with van der Waals surface area (Å²) in [6, 6.07) is 11.6. The summed E-state index contributed by atoms with van der Waals surface area (Å²) in [7, 11) is 0. The molecule has 7 N–H and O–H groups in total. The van der Waals surface area contributed by atoms with Crippen molar-refractivity contribution in [2.24, 2.45) is 5.73 Å². The molecule has 0 bridgehead atoms. The lowest BCUT2D eigenvalue weighted by Crippen LogP contribution is -2.02. The minimum atomic E-state index is -1.11. The Balaban J connectivity index is 0.000000212. The average molecular weight is 387 g/mol. The van der Waals surface area contributed by atoms with Crippen molar-refractivity contribution in [1.82, 2.24) is 9.97 Å². The lowest BCUT2D eigenvalue weighted by atomic mass is 10.2. The van der Waals surface area contributed by atoms with Gasteiger partial charge < -0.3 is 31.1 Å². The van der Waals surface area contributed by atoms with Crippen molar-refractivity contribution in [1.29, 1.82) is 0 Å². The molecular weight excluding hydrogens is 366 g/mol. The first kappa shape index (κ1) is 22.2. The fourth-order valence-corrected chi connectivity index (χ4v) is 1.89. The van der Waals surface area contributed by atoms with Gasteiger partial charge in [0.25, 0.3) is 0 Å². The predicted molar refractivity (Wildman–Crippen MR) is 101 cm³/mol. The zero-order valence-electron chi connectivity index (χ0n) is 14.8. The molecular formula is C19H21N3O6. The molecule has 28 heavy (non-hydrogen) atoms. The Morgan fingerprint density at radius 2 is 1.36 bits per heavy atom.